The van der Waals surface area contributed by atoms with E-state index in [1.54, 1.807) is 17.3 Å². The van der Waals surface area contributed by atoms with Gasteiger partial charge in [0.25, 0.3) is 0 Å². The molecular formula is C8H12N4O. The van der Waals surface area contributed by atoms with E-state index < -0.39 is 0 Å². The van der Waals surface area contributed by atoms with Crippen molar-refractivity contribution in [3.63, 3.8) is 0 Å². The van der Waals surface area contributed by atoms with Crippen molar-refractivity contribution < 1.29 is 5.11 Å². The second-order valence-corrected chi connectivity index (χ2v) is 3.24. The predicted molar refractivity (Wildman–Crippen MR) is 47.3 cm³/mol. The van der Waals surface area contributed by atoms with Gasteiger partial charge in [0, 0.05) is 5.71 Å². The molecule has 0 amide bonds. The molecule has 13 heavy (non-hydrogen) atoms. The zero-order valence-electron chi connectivity index (χ0n) is 7.30. The zero-order chi connectivity index (χ0) is 9.10. The van der Waals surface area contributed by atoms with Gasteiger partial charge in [-0.15, -0.1) is 10.2 Å². The minimum absolute atomic E-state index is 0.139. The van der Waals surface area contributed by atoms with Gasteiger partial charge in [-0.3, -0.25) is 0 Å². The largest absolute Gasteiger partial charge is 0.393 e. The molecular weight excluding hydrogens is 168 g/mol. The third-order valence-electron chi connectivity index (χ3n) is 2.20. The summed E-state index contributed by atoms with van der Waals surface area (Å²) in [5, 5.41) is 20.9. The van der Waals surface area contributed by atoms with Gasteiger partial charge in [0.1, 0.15) is 12.7 Å². The van der Waals surface area contributed by atoms with Crippen LogP contribution in [0.1, 0.15) is 25.7 Å². The maximum Gasteiger partial charge on any atom is 0.141 e. The molecule has 0 saturated heterocycles. The van der Waals surface area contributed by atoms with Crippen LogP contribution in [0.15, 0.2) is 17.8 Å². The molecule has 5 heteroatoms. The fourth-order valence-electron chi connectivity index (χ4n) is 1.45. The molecule has 0 aromatic carbocycles. The summed E-state index contributed by atoms with van der Waals surface area (Å²) in [6.45, 7) is 0. The maximum absolute atomic E-state index is 9.27. The molecule has 1 aromatic heterocycles. The van der Waals surface area contributed by atoms with Gasteiger partial charge in [-0.2, -0.15) is 5.10 Å². The van der Waals surface area contributed by atoms with Crippen molar-refractivity contribution in [2.24, 2.45) is 5.10 Å². The minimum atomic E-state index is -0.139. The van der Waals surface area contributed by atoms with Crippen LogP contribution in [-0.2, 0) is 0 Å². The Morgan fingerprint density at radius 2 is 1.92 bits per heavy atom. The van der Waals surface area contributed by atoms with Crippen molar-refractivity contribution in [2.75, 3.05) is 0 Å². The lowest BCUT2D eigenvalue weighted by molar-refractivity contribution is 0.152. The van der Waals surface area contributed by atoms with Crippen molar-refractivity contribution in [3.05, 3.63) is 12.7 Å². The van der Waals surface area contributed by atoms with E-state index in [1.807, 2.05) is 0 Å². The Morgan fingerprint density at radius 3 is 2.54 bits per heavy atom. The molecule has 0 aliphatic heterocycles. The number of hydrogen-bond donors (Lipinski definition) is 1. The van der Waals surface area contributed by atoms with Crippen LogP contribution in [0.25, 0.3) is 0 Å². The van der Waals surface area contributed by atoms with Gasteiger partial charge in [-0.25, -0.2) is 4.68 Å². The first-order valence-electron chi connectivity index (χ1n) is 4.44. The van der Waals surface area contributed by atoms with Gasteiger partial charge in [-0.05, 0) is 25.7 Å². The van der Waals surface area contributed by atoms with Crippen LogP contribution < -0.4 is 0 Å². The first-order valence-corrected chi connectivity index (χ1v) is 4.44. The maximum atomic E-state index is 9.27. The molecule has 1 saturated carbocycles. The Hall–Kier alpha value is -1.23. The fourth-order valence-corrected chi connectivity index (χ4v) is 1.45. The SMILES string of the molecule is OC1CCC(=Nn2cnnc2)CC1. The Morgan fingerprint density at radius 1 is 1.31 bits per heavy atom. The van der Waals surface area contributed by atoms with E-state index >= 15 is 0 Å². The molecule has 1 N–H and O–H groups in total. The van der Waals surface area contributed by atoms with Crippen molar-refractivity contribution in [1.82, 2.24) is 14.9 Å². The Labute approximate surface area is 76.1 Å². The average Bonchev–Trinajstić information content (AvgIpc) is 2.62. The summed E-state index contributed by atoms with van der Waals surface area (Å²) in [6.07, 6.45) is 6.39. The highest BCUT2D eigenvalue weighted by Gasteiger charge is 2.14. The van der Waals surface area contributed by atoms with E-state index in [2.05, 4.69) is 15.3 Å². The molecule has 0 spiro atoms. The lowest BCUT2D eigenvalue weighted by Crippen LogP contribution is -2.18. The third kappa shape index (κ3) is 2.12. The molecule has 1 aromatic rings. The molecule has 1 fully saturated rings. The first-order chi connectivity index (χ1) is 6.34. The van der Waals surface area contributed by atoms with Crippen LogP contribution in [0.3, 0.4) is 0 Å². The highest BCUT2D eigenvalue weighted by atomic mass is 16.3. The van der Waals surface area contributed by atoms with Crippen LogP contribution in [0.4, 0.5) is 0 Å². The van der Waals surface area contributed by atoms with Crippen LogP contribution >= 0.6 is 0 Å². The quantitative estimate of drug-likeness (QED) is 0.681. The summed E-state index contributed by atoms with van der Waals surface area (Å²) in [5.41, 5.74) is 1.12. The standard InChI is InChI=1S/C8H12N4O/c13-8-3-1-7(2-4-8)11-12-5-9-10-6-12/h5-6,8,13H,1-4H2. The second-order valence-electron chi connectivity index (χ2n) is 3.24. The van der Waals surface area contributed by atoms with Gasteiger partial charge < -0.3 is 5.11 Å². The minimum Gasteiger partial charge on any atom is -0.393 e. The average molecular weight is 180 g/mol. The summed E-state index contributed by atoms with van der Waals surface area (Å²) in [4.78, 5) is 0. The topological polar surface area (TPSA) is 63.3 Å². The summed E-state index contributed by atoms with van der Waals surface area (Å²) in [7, 11) is 0. The molecule has 0 unspecified atom stereocenters. The van der Waals surface area contributed by atoms with Gasteiger partial charge in [0.2, 0.25) is 0 Å². The molecule has 0 bridgehead atoms. The van der Waals surface area contributed by atoms with E-state index in [-0.39, 0.29) is 6.10 Å². The normalized spacial score (nSPS) is 23.2. The number of hydrogen-bond acceptors (Lipinski definition) is 4. The zero-order valence-corrected chi connectivity index (χ0v) is 7.30. The lowest BCUT2D eigenvalue weighted by atomic mass is 9.96. The van der Waals surface area contributed by atoms with E-state index in [0.717, 1.165) is 31.4 Å². The van der Waals surface area contributed by atoms with Crippen LogP contribution in [-0.4, -0.2) is 31.8 Å². The summed E-state index contributed by atoms with van der Waals surface area (Å²) < 4.78 is 1.60. The van der Waals surface area contributed by atoms with E-state index in [0.29, 0.717) is 0 Å². The highest BCUT2D eigenvalue weighted by molar-refractivity contribution is 5.85. The number of nitrogens with zero attached hydrogens (tertiary/aromatic N) is 4. The molecule has 0 radical (unpaired) electrons. The fraction of sp³-hybridized carbons (Fsp3) is 0.625. The van der Waals surface area contributed by atoms with Crippen molar-refractivity contribution >= 4 is 5.71 Å². The molecule has 1 heterocycles. The smallest absolute Gasteiger partial charge is 0.141 e. The molecule has 2 rings (SSSR count). The molecule has 0 atom stereocenters. The number of aromatic nitrogens is 3. The van der Waals surface area contributed by atoms with Gasteiger partial charge in [0.05, 0.1) is 6.10 Å². The van der Waals surface area contributed by atoms with Gasteiger partial charge in [-0.1, -0.05) is 0 Å². The Kier molecular flexibility index (Phi) is 2.35. The molecule has 70 valence electrons. The second kappa shape index (κ2) is 3.66. The van der Waals surface area contributed by atoms with E-state index in [4.69, 9.17) is 0 Å². The predicted octanol–water partition coefficient (Wildman–Crippen LogP) is 0.417. The van der Waals surface area contributed by atoms with Crippen LogP contribution in [0.5, 0.6) is 0 Å². The summed E-state index contributed by atoms with van der Waals surface area (Å²) in [6, 6.07) is 0. The Bertz CT molecular complexity index is 283. The molecule has 1 aliphatic rings. The van der Waals surface area contributed by atoms with Crippen molar-refractivity contribution in [2.45, 2.75) is 31.8 Å². The van der Waals surface area contributed by atoms with Crippen LogP contribution in [0.2, 0.25) is 0 Å². The van der Waals surface area contributed by atoms with Gasteiger partial charge in [0.15, 0.2) is 0 Å². The van der Waals surface area contributed by atoms with Crippen molar-refractivity contribution in [1.29, 1.82) is 0 Å². The lowest BCUT2D eigenvalue weighted by Gasteiger charge is -2.17. The van der Waals surface area contributed by atoms with Crippen LogP contribution in [0, 0.1) is 0 Å². The number of aliphatic hydroxyl groups is 1. The van der Waals surface area contributed by atoms with Crippen molar-refractivity contribution in [3.8, 4) is 0 Å². The number of aliphatic hydroxyl groups excluding tert-OH is 1. The number of rotatable bonds is 1. The third-order valence-corrected chi connectivity index (χ3v) is 2.20. The van der Waals surface area contributed by atoms with Gasteiger partial charge >= 0.3 is 0 Å². The monoisotopic (exact) mass is 180 g/mol. The first kappa shape index (κ1) is 8.37. The highest BCUT2D eigenvalue weighted by Crippen LogP contribution is 2.15. The summed E-state index contributed by atoms with van der Waals surface area (Å²) >= 11 is 0. The van der Waals surface area contributed by atoms with E-state index in [9.17, 15) is 5.11 Å². The molecule has 1 aliphatic carbocycles. The summed E-state index contributed by atoms with van der Waals surface area (Å²) in [5.74, 6) is 0. The van der Waals surface area contributed by atoms with E-state index in [1.165, 1.54) is 0 Å². The molecule has 5 nitrogen and oxygen atoms in total. The Balaban J connectivity index is 2.02.